The van der Waals surface area contributed by atoms with Crippen molar-refractivity contribution in [2.75, 3.05) is 14.2 Å². The molecule has 0 amide bonds. The predicted molar refractivity (Wildman–Crippen MR) is 61.5 cm³/mol. The predicted octanol–water partition coefficient (Wildman–Crippen LogP) is 1.38. The number of rotatable bonds is 5. The minimum absolute atomic E-state index is 0.205. The summed E-state index contributed by atoms with van der Waals surface area (Å²) in [4.78, 5) is 10.8. The van der Waals surface area contributed by atoms with Crippen molar-refractivity contribution < 1.29 is 24.5 Å². The lowest BCUT2D eigenvalue weighted by molar-refractivity contribution is -0.147. The van der Waals surface area contributed by atoms with Crippen molar-refractivity contribution in [3.63, 3.8) is 0 Å². The highest BCUT2D eigenvalue weighted by Gasteiger charge is 2.23. The standard InChI is InChI=1S/C12H16O5/c1-4-7-5-8(10(13)12(14)15)11(17-3)9(6-7)16-2/h5-6,10,13H,4H2,1-3H3,(H,14,15). The van der Waals surface area contributed by atoms with Crippen molar-refractivity contribution in [3.05, 3.63) is 23.3 Å². The van der Waals surface area contributed by atoms with Crippen LogP contribution in [0.4, 0.5) is 0 Å². The molecule has 0 saturated carbocycles. The van der Waals surface area contributed by atoms with Gasteiger partial charge in [0.2, 0.25) is 0 Å². The number of aliphatic carboxylic acids is 1. The molecule has 1 aromatic carbocycles. The van der Waals surface area contributed by atoms with Gasteiger partial charge in [0.25, 0.3) is 0 Å². The summed E-state index contributed by atoms with van der Waals surface area (Å²) in [6, 6.07) is 3.37. The highest BCUT2D eigenvalue weighted by Crippen LogP contribution is 2.36. The number of hydrogen-bond donors (Lipinski definition) is 2. The van der Waals surface area contributed by atoms with Crippen LogP contribution in [0.15, 0.2) is 12.1 Å². The van der Waals surface area contributed by atoms with Crippen LogP contribution in [0.3, 0.4) is 0 Å². The number of aryl methyl sites for hydroxylation is 1. The van der Waals surface area contributed by atoms with Crippen LogP contribution in [0.1, 0.15) is 24.2 Å². The Morgan fingerprint density at radius 1 is 1.35 bits per heavy atom. The third-order valence-corrected chi connectivity index (χ3v) is 2.50. The Bertz CT molecular complexity index is 414. The zero-order valence-corrected chi connectivity index (χ0v) is 10.1. The molecule has 0 aliphatic heterocycles. The number of carboxylic acids is 1. The van der Waals surface area contributed by atoms with Crippen molar-refractivity contribution in [1.82, 2.24) is 0 Å². The Kier molecular flexibility index (Phi) is 4.34. The first-order valence-electron chi connectivity index (χ1n) is 5.20. The van der Waals surface area contributed by atoms with Gasteiger partial charge < -0.3 is 19.7 Å². The van der Waals surface area contributed by atoms with E-state index >= 15 is 0 Å². The molecular formula is C12H16O5. The quantitative estimate of drug-likeness (QED) is 0.813. The number of benzene rings is 1. The molecule has 5 heteroatoms. The molecule has 0 heterocycles. The molecule has 0 aliphatic carbocycles. The number of ether oxygens (including phenoxy) is 2. The van der Waals surface area contributed by atoms with E-state index in [1.165, 1.54) is 14.2 Å². The Labute approximate surface area is 99.6 Å². The van der Waals surface area contributed by atoms with Crippen molar-refractivity contribution >= 4 is 5.97 Å². The van der Waals surface area contributed by atoms with Gasteiger partial charge in [-0.05, 0) is 24.1 Å². The van der Waals surface area contributed by atoms with E-state index in [-0.39, 0.29) is 11.3 Å². The van der Waals surface area contributed by atoms with E-state index in [9.17, 15) is 9.90 Å². The van der Waals surface area contributed by atoms with Gasteiger partial charge in [0, 0.05) is 5.56 Å². The Balaban J connectivity index is 3.38. The first kappa shape index (κ1) is 13.3. The maximum atomic E-state index is 10.8. The van der Waals surface area contributed by atoms with Gasteiger partial charge in [-0.1, -0.05) is 6.92 Å². The first-order valence-corrected chi connectivity index (χ1v) is 5.20. The SMILES string of the molecule is CCc1cc(OC)c(OC)c(C(O)C(=O)O)c1. The third-order valence-electron chi connectivity index (χ3n) is 2.50. The number of aliphatic hydroxyl groups is 1. The molecule has 0 fully saturated rings. The molecule has 1 atom stereocenters. The fourth-order valence-corrected chi connectivity index (χ4v) is 1.59. The molecule has 17 heavy (non-hydrogen) atoms. The molecular weight excluding hydrogens is 224 g/mol. The number of methoxy groups -OCH3 is 2. The highest BCUT2D eigenvalue weighted by atomic mass is 16.5. The summed E-state index contributed by atoms with van der Waals surface area (Å²) in [6.07, 6.45) is -0.912. The van der Waals surface area contributed by atoms with Crippen molar-refractivity contribution in [2.45, 2.75) is 19.4 Å². The Hall–Kier alpha value is -1.75. The largest absolute Gasteiger partial charge is 0.493 e. The summed E-state index contributed by atoms with van der Waals surface area (Å²) in [5.74, 6) is -0.652. The van der Waals surface area contributed by atoms with Gasteiger partial charge in [0.1, 0.15) is 0 Å². The molecule has 94 valence electrons. The number of aliphatic hydroxyl groups excluding tert-OH is 1. The maximum absolute atomic E-state index is 10.8. The van der Waals surface area contributed by atoms with Gasteiger partial charge in [-0.25, -0.2) is 4.79 Å². The average Bonchev–Trinajstić information content (AvgIpc) is 2.35. The molecule has 0 aliphatic rings. The summed E-state index contributed by atoms with van der Waals surface area (Å²) in [6.45, 7) is 1.93. The highest BCUT2D eigenvalue weighted by molar-refractivity contribution is 5.76. The topological polar surface area (TPSA) is 76.0 Å². The van der Waals surface area contributed by atoms with E-state index in [4.69, 9.17) is 14.6 Å². The Morgan fingerprint density at radius 2 is 2.00 bits per heavy atom. The van der Waals surface area contributed by atoms with Gasteiger partial charge in [0.05, 0.1) is 14.2 Å². The zero-order chi connectivity index (χ0) is 13.0. The van der Waals surface area contributed by atoms with E-state index in [0.29, 0.717) is 12.2 Å². The van der Waals surface area contributed by atoms with Crippen LogP contribution in [0.5, 0.6) is 11.5 Å². The molecule has 0 saturated heterocycles. The number of carbonyl (C=O) groups is 1. The molecule has 1 aromatic rings. The summed E-state index contributed by atoms with van der Waals surface area (Å²) >= 11 is 0. The summed E-state index contributed by atoms with van der Waals surface area (Å²) in [5, 5.41) is 18.5. The van der Waals surface area contributed by atoms with Crippen molar-refractivity contribution in [1.29, 1.82) is 0 Å². The molecule has 1 unspecified atom stereocenters. The molecule has 0 aromatic heterocycles. The lowest BCUT2D eigenvalue weighted by atomic mass is 10.0. The van der Waals surface area contributed by atoms with E-state index in [0.717, 1.165) is 5.56 Å². The summed E-state index contributed by atoms with van der Waals surface area (Å²) < 4.78 is 10.2. The number of carboxylic acid groups (broad SMARTS) is 1. The number of hydrogen-bond acceptors (Lipinski definition) is 4. The second-order valence-electron chi connectivity index (χ2n) is 3.51. The van der Waals surface area contributed by atoms with Crippen LogP contribution in [-0.2, 0) is 11.2 Å². The zero-order valence-electron chi connectivity index (χ0n) is 10.1. The van der Waals surface area contributed by atoms with Gasteiger partial charge in [-0.3, -0.25) is 0 Å². The first-order chi connectivity index (χ1) is 8.04. The van der Waals surface area contributed by atoms with Crippen molar-refractivity contribution in [2.24, 2.45) is 0 Å². The van der Waals surface area contributed by atoms with E-state index < -0.39 is 12.1 Å². The van der Waals surface area contributed by atoms with Crippen LogP contribution < -0.4 is 9.47 Å². The lowest BCUT2D eigenvalue weighted by Crippen LogP contribution is -2.12. The smallest absolute Gasteiger partial charge is 0.337 e. The average molecular weight is 240 g/mol. The van der Waals surface area contributed by atoms with Gasteiger partial charge in [-0.15, -0.1) is 0 Å². The minimum atomic E-state index is -1.62. The van der Waals surface area contributed by atoms with Crippen molar-refractivity contribution in [3.8, 4) is 11.5 Å². The molecule has 0 bridgehead atoms. The second-order valence-corrected chi connectivity index (χ2v) is 3.51. The lowest BCUT2D eigenvalue weighted by Gasteiger charge is -2.16. The third kappa shape index (κ3) is 2.68. The molecule has 1 rings (SSSR count). The molecule has 0 radical (unpaired) electrons. The summed E-state index contributed by atoms with van der Waals surface area (Å²) in [5.41, 5.74) is 1.08. The van der Waals surface area contributed by atoms with Crippen LogP contribution in [-0.4, -0.2) is 30.4 Å². The fraction of sp³-hybridized carbons (Fsp3) is 0.417. The van der Waals surface area contributed by atoms with Crippen LogP contribution in [0.25, 0.3) is 0 Å². The molecule has 5 nitrogen and oxygen atoms in total. The van der Waals surface area contributed by atoms with Crippen LogP contribution in [0, 0.1) is 0 Å². The van der Waals surface area contributed by atoms with Gasteiger partial charge in [-0.2, -0.15) is 0 Å². The van der Waals surface area contributed by atoms with Crippen LogP contribution >= 0.6 is 0 Å². The van der Waals surface area contributed by atoms with E-state index in [1.54, 1.807) is 12.1 Å². The van der Waals surface area contributed by atoms with E-state index in [1.807, 2.05) is 6.92 Å². The molecule has 2 N–H and O–H groups in total. The minimum Gasteiger partial charge on any atom is -0.493 e. The maximum Gasteiger partial charge on any atom is 0.337 e. The van der Waals surface area contributed by atoms with Crippen LogP contribution in [0.2, 0.25) is 0 Å². The normalized spacial score (nSPS) is 12.0. The van der Waals surface area contributed by atoms with Gasteiger partial charge in [0.15, 0.2) is 17.6 Å². The molecule has 0 spiro atoms. The van der Waals surface area contributed by atoms with E-state index in [2.05, 4.69) is 0 Å². The summed E-state index contributed by atoms with van der Waals surface area (Å²) in [7, 11) is 2.87. The fourth-order valence-electron chi connectivity index (χ4n) is 1.59. The second kappa shape index (κ2) is 5.54. The van der Waals surface area contributed by atoms with Gasteiger partial charge >= 0.3 is 5.97 Å². The Morgan fingerprint density at radius 3 is 2.41 bits per heavy atom. The monoisotopic (exact) mass is 240 g/mol.